The Bertz CT molecular complexity index is 740. The van der Waals surface area contributed by atoms with Gasteiger partial charge in [-0.2, -0.15) is 8.78 Å². The monoisotopic (exact) mass is 342 g/mol. The summed E-state index contributed by atoms with van der Waals surface area (Å²) >= 11 is 0. The Labute approximate surface area is 135 Å². The minimum Gasteiger partial charge on any atom is -0.416 e. The molecule has 0 spiro atoms. The molecule has 2 rings (SSSR count). The van der Waals surface area contributed by atoms with Gasteiger partial charge in [-0.1, -0.05) is 12.1 Å². The third kappa shape index (κ3) is 4.01. The van der Waals surface area contributed by atoms with Gasteiger partial charge in [-0.05, 0) is 30.7 Å². The van der Waals surface area contributed by atoms with E-state index < -0.39 is 41.6 Å². The van der Waals surface area contributed by atoms with E-state index in [1.54, 1.807) is 13.0 Å². The first kappa shape index (κ1) is 17.7. The lowest BCUT2D eigenvalue weighted by Crippen LogP contribution is -2.30. The Hall–Kier alpha value is -2.64. The minimum atomic E-state index is -3.21. The Morgan fingerprint density at radius 1 is 1.21 bits per heavy atom. The fraction of sp³-hybridized carbons (Fsp3) is 0.250. The lowest BCUT2D eigenvalue weighted by atomic mass is 10.1. The van der Waals surface area contributed by atoms with E-state index in [9.17, 15) is 22.4 Å². The van der Waals surface area contributed by atoms with E-state index in [4.69, 9.17) is 0 Å². The number of halogens is 4. The molecule has 0 aliphatic heterocycles. The summed E-state index contributed by atoms with van der Waals surface area (Å²) < 4.78 is 55.6. The lowest BCUT2D eigenvalue weighted by Gasteiger charge is -2.26. The largest absolute Gasteiger partial charge is 0.416 e. The van der Waals surface area contributed by atoms with Gasteiger partial charge in [0.05, 0.1) is 12.2 Å². The van der Waals surface area contributed by atoms with Crippen molar-refractivity contribution in [3.8, 4) is 5.88 Å². The van der Waals surface area contributed by atoms with Crippen LogP contribution in [-0.2, 0) is 0 Å². The molecule has 0 saturated carbocycles. The van der Waals surface area contributed by atoms with Gasteiger partial charge in [-0.25, -0.2) is 13.8 Å². The number of hydrogen-bond donors (Lipinski definition) is 0. The summed E-state index contributed by atoms with van der Waals surface area (Å²) in [5.41, 5.74) is 0.0487. The highest BCUT2D eigenvalue weighted by molar-refractivity contribution is 5.96. The first-order valence-corrected chi connectivity index (χ1v) is 6.92. The number of hydrogen-bond acceptors (Lipinski definition) is 3. The molecular formula is C16H14F4N2O2. The van der Waals surface area contributed by atoms with Crippen LogP contribution in [0.1, 0.15) is 28.9 Å². The van der Waals surface area contributed by atoms with Gasteiger partial charge in [-0.3, -0.25) is 4.79 Å². The van der Waals surface area contributed by atoms with E-state index in [1.807, 2.05) is 0 Å². The number of carbonyl (C=O) groups is 1. The number of benzene rings is 1. The van der Waals surface area contributed by atoms with E-state index in [0.29, 0.717) is 11.8 Å². The van der Waals surface area contributed by atoms with E-state index in [0.717, 1.165) is 11.0 Å². The molecule has 1 aromatic carbocycles. The quantitative estimate of drug-likeness (QED) is 0.777. The number of alkyl halides is 2. The van der Waals surface area contributed by atoms with Crippen molar-refractivity contribution in [2.24, 2.45) is 0 Å². The molecule has 0 aliphatic carbocycles. The second-order valence-corrected chi connectivity index (χ2v) is 5.03. The molecule has 4 nitrogen and oxygen atoms in total. The molecule has 24 heavy (non-hydrogen) atoms. The van der Waals surface area contributed by atoms with Gasteiger partial charge in [0.2, 0.25) is 5.88 Å². The summed E-state index contributed by atoms with van der Waals surface area (Å²) in [4.78, 5) is 17.0. The molecule has 0 bridgehead atoms. The number of carbonyl (C=O) groups excluding carboxylic acids is 1. The summed E-state index contributed by atoms with van der Waals surface area (Å²) in [6.07, 6.45) is 0.671. The highest BCUT2D eigenvalue weighted by Gasteiger charge is 2.25. The van der Waals surface area contributed by atoms with E-state index in [2.05, 4.69) is 9.72 Å². The van der Waals surface area contributed by atoms with Crippen LogP contribution >= 0.6 is 0 Å². The number of amides is 1. The smallest absolute Gasteiger partial charge is 0.388 e. The van der Waals surface area contributed by atoms with Crippen LogP contribution in [0.25, 0.3) is 0 Å². The summed E-state index contributed by atoms with van der Waals surface area (Å²) in [5.74, 6) is -2.80. The fourth-order valence-electron chi connectivity index (χ4n) is 2.11. The van der Waals surface area contributed by atoms with E-state index in [1.165, 1.54) is 25.2 Å². The molecule has 0 unspecified atom stereocenters. The van der Waals surface area contributed by atoms with Gasteiger partial charge < -0.3 is 9.64 Å². The Morgan fingerprint density at radius 2 is 1.92 bits per heavy atom. The van der Waals surface area contributed by atoms with Gasteiger partial charge in [0.15, 0.2) is 0 Å². The maximum absolute atomic E-state index is 13.4. The van der Waals surface area contributed by atoms with Crippen LogP contribution < -0.4 is 4.74 Å². The zero-order valence-corrected chi connectivity index (χ0v) is 12.8. The molecule has 1 amide bonds. The summed E-state index contributed by atoms with van der Waals surface area (Å²) in [5, 5.41) is 0. The van der Waals surface area contributed by atoms with E-state index in [-0.39, 0.29) is 0 Å². The molecular weight excluding hydrogens is 328 g/mol. The van der Waals surface area contributed by atoms with Crippen LogP contribution in [0.15, 0.2) is 36.5 Å². The van der Waals surface area contributed by atoms with Crippen LogP contribution in [0.2, 0.25) is 0 Å². The van der Waals surface area contributed by atoms with Crippen LogP contribution in [0, 0.1) is 11.6 Å². The third-order valence-electron chi connectivity index (χ3n) is 3.48. The average Bonchev–Trinajstić information content (AvgIpc) is 2.54. The van der Waals surface area contributed by atoms with Crippen molar-refractivity contribution in [2.75, 3.05) is 7.05 Å². The molecule has 0 N–H and O–H groups in total. The Balaban J connectivity index is 2.32. The molecule has 2 aromatic rings. The Kier molecular flexibility index (Phi) is 5.38. The predicted molar refractivity (Wildman–Crippen MR) is 77.7 cm³/mol. The first-order chi connectivity index (χ1) is 11.3. The molecule has 1 heterocycles. The molecule has 8 heteroatoms. The van der Waals surface area contributed by atoms with Crippen molar-refractivity contribution < 1.29 is 27.1 Å². The maximum atomic E-state index is 13.4. The van der Waals surface area contributed by atoms with Gasteiger partial charge >= 0.3 is 6.61 Å². The van der Waals surface area contributed by atoms with Gasteiger partial charge in [0, 0.05) is 7.05 Å². The van der Waals surface area contributed by atoms with Crippen molar-refractivity contribution in [1.82, 2.24) is 9.88 Å². The zero-order chi connectivity index (χ0) is 17.9. The Morgan fingerprint density at radius 3 is 2.54 bits per heavy atom. The SMILES string of the molecule is C[C@H](c1cccc(F)c1)N(C)C(=O)c1cc(F)cnc1OC(F)F. The first-order valence-electron chi connectivity index (χ1n) is 6.92. The topological polar surface area (TPSA) is 42.4 Å². The molecule has 1 atom stereocenters. The van der Waals surface area contributed by atoms with Crippen molar-refractivity contribution in [3.05, 3.63) is 59.3 Å². The molecule has 128 valence electrons. The number of pyridine rings is 1. The summed E-state index contributed by atoms with van der Waals surface area (Å²) in [7, 11) is 1.38. The molecule has 0 saturated heterocycles. The van der Waals surface area contributed by atoms with Gasteiger partial charge in [0.1, 0.15) is 17.2 Å². The molecule has 1 aromatic heterocycles. The number of ether oxygens (including phenoxy) is 1. The van der Waals surface area contributed by atoms with Gasteiger partial charge in [-0.15, -0.1) is 0 Å². The van der Waals surface area contributed by atoms with E-state index >= 15 is 0 Å². The molecule has 0 fully saturated rings. The lowest BCUT2D eigenvalue weighted by molar-refractivity contribution is -0.0534. The summed E-state index contributed by atoms with van der Waals surface area (Å²) in [6, 6.07) is 5.77. The van der Waals surface area contributed by atoms with Crippen LogP contribution in [0.4, 0.5) is 17.6 Å². The van der Waals surface area contributed by atoms with Crippen LogP contribution in [0.5, 0.6) is 5.88 Å². The zero-order valence-electron chi connectivity index (χ0n) is 12.8. The minimum absolute atomic E-state index is 0.443. The second kappa shape index (κ2) is 7.29. The standard InChI is InChI=1S/C16H14F4N2O2/c1-9(10-4-3-5-11(17)6-10)22(2)15(23)13-7-12(18)8-21-14(13)24-16(19)20/h3-9,16H,1-2H3/t9-/m1/s1. The molecule has 0 aliphatic rings. The van der Waals surface area contributed by atoms with Crippen molar-refractivity contribution in [1.29, 1.82) is 0 Å². The van der Waals surface area contributed by atoms with Crippen LogP contribution in [0.3, 0.4) is 0 Å². The molecule has 0 radical (unpaired) electrons. The third-order valence-corrected chi connectivity index (χ3v) is 3.48. The summed E-state index contributed by atoms with van der Waals surface area (Å²) in [6.45, 7) is -1.59. The number of rotatable bonds is 5. The van der Waals surface area contributed by atoms with Crippen molar-refractivity contribution in [3.63, 3.8) is 0 Å². The van der Waals surface area contributed by atoms with Crippen LogP contribution in [-0.4, -0.2) is 29.5 Å². The van der Waals surface area contributed by atoms with Crippen molar-refractivity contribution >= 4 is 5.91 Å². The average molecular weight is 342 g/mol. The maximum Gasteiger partial charge on any atom is 0.388 e. The normalized spacial score (nSPS) is 12.1. The van der Waals surface area contributed by atoms with Crippen molar-refractivity contribution in [2.45, 2.75) is 19.6 Å². The predicted octanol–water partition coefficient (Wildman–Crippen LogP) is 3.79. The fourth-order valence-corrected chi connectivity index (χ4v) is 2.11. The van der Waals surface area contributed by atoms with Gasteiger partial charge in [0.25, 0.3) is 5.91 Å². The highest BCUT2D eigenvalue weighted by atomic mass is 19.3. The second-order valence-electron chi connectivity index (χ2n) is 5.03. The number of nitrogens with zero attached hydrogens (tertiary/aromatic N) is 2. The number of aromatic nitrogens is 1. The highest BCUT2D eigenvalue weighted by Crippen LogP contribution is 2.25.